The van der Waals surface area contributed by atoms with Crippen molar-refractivity contribution in [2.24, 2.45) is 0 Å². The first-order valence-electron chi connectivity index (χ1n) is 5.88. The molecule has 0 spiro atoms. The number of aliphatic carboxylic acids is 1. The largest absolute Gasteiger partial charge is 0.481 e. The van der Waals surface area contributed by atoms with E-state index in [0.717, 1.165) is 0 Å². The number of carboxylic acids is 1. The molecular formula is C10H18N2O5S. The second kappa shape index (κ2) is 6.69. The van der Waals surface area contributed by atoms with Gasteiger partial charge < -0.3 is 10.4 Å². The number of hydrogen-bond acceptors (Lipinski definition) is 4. The van der Waals surface area contributed by atoms with E-state index in [1.165, 1.54) is 4.31 Å². The van der Waals surface area contributed by atoms with Crippen LogP contribution < -0.4 is 5.32 Å². The molecule has 1 saturated heterocycles. The van der Waals surface area contributed by atoms with Crippen LogP contribution in [0.15, 0.2) is 0 Å². The quantitative estimate of drug-likeness (QED) is 0.605. The summed E-state index contributed by atoms with van der Waals surface area (Å²) in [7, 11) is -3.14. The number of nitrogens with one attached hydrogen (secondary N) is 1. The van der Waals surface area contributed by atoms with Crippen molar-refractivity contribution < 1.29 is 23.1 Å². The molecule has 0 saturated carbocycles. The van der Waals surface area contributed by atoms with Crippen molar-refractivity contribution in [2.45, 2.75) is 25.7 Å². The first-order chi connectivity index (χ1) is 8.42. The number of carbonyl (C=O) groups is 2. The Morgan fingerprint density at radius 2 is 2.00 bits per heavy atom. The third-order valence-electron chi connectivity index (χ3n) is 2.68. The van der Waals surface area contributed by atoms with Crippen molar-refractivity contribution >= 4 is 21.9 Å². The molecule has 1 aliphatic rings. The lowest BCUT2D eigenvalue weighted by Crippen LogP contribution is -2.32. The van der Waals surface area contributed by atoms with Gasteiger partial charge in [0, 0.05) is 32.5 Å². The molecule has 1 heterocycles. The minimum atomic E-state index is -3.14. The fraction of sp³-hybridized carbons (Fsp3) is 0.800. The van der Waals surface area contributed by atoms with Gasteiger partial charge in [-0.2, -0.15) is 0 Å². The normalized spacial score (nSPS) is 18.7. The van der Waals surface area contributed by atoms with Gasteiger partial charge in [-0.25, -0.2) is 12.7 Å². The molecule has 104 valence electrons. The van der Waals surface area contributed by atoms with E-state index in [4.69, 9.17) is 5.11 Å². The number of rotatable bonds is 7. The summed E-state index contributed by atoms with van der Waals surface area (Å²) >= 11 is 0. The summed E-state index contributed by atoms with van der Waals surface area (Å²) < 4.78 is 24.2. The average molecular weight is 278 g/mol. The molecule has 1 aliphatic heterocycles. The molecule has 0 aromatic carbocycles. The molecule has 0 aliphatic carbocycles. The lowest BCUT2D eigenvalue weighted by atomic mass is 10.3. The van der Waals surface area contributed by atoms with E-state index in [0.29, 0.717) is 25.9 Å². The van der Waals surface area contributed by atoms with Crippen molar-refractivity contribution in [3.8, 4) is 0 Å². The molecule has 0 aromatic heterocycles. The fourth-order valence-corrected chi connectivity index (χ4v) is 3.25. The van der Waals surface area contributed by atoms with Crippen molar-refractivity contribution in [1.29, 1.82) is 0 Å². The first-order valence-corrected chi connectivity index (χ1v) is 7.49. The molecule has 18 heavy (non-hydrogen) atoms. The smallest absolute Gasteiger partial charge is 0.303 e. The predicted molar refractivity (Wildman–Crippen MR) is 64.5 cm³/mol. The maximum Gasteiger partial charge on any atom is 0.303 e. The van der Waals surface area contributed by atoms with Crippen LogP contribution in [0.4, 0.5) is 0 Å². The standard InChI is InChI=1S/C10H18N2O5S/c13-9(11-5-1-3-10(14)15)4-7-12-6-2-8-18(12,16)17/h1-8H2,(H,11,13)(H,14,15). The Morgan fingerprint density at radius 1 is 1.28 bits per heavy atom. The molecule has 1 fully saturated rings. The number of carboxylic acid groups (broad SMARTS) is 1. The maximum absolute atomic E-state index is 11.4. The molecule has 0 bridgehead atoms. The van der Waals surface area contributed by atoms with Gasteiger partial charge in [-0.15, -0.1) is 0 Å². The number of hydrogen-bond donors (Lipinski definition) is 2. The van der Waals surface area contributed by atoms with E-state index in [1.54, 1.807) is 0 Å². The van der Waals surface area contributed by atoms with E-state index in [9.17, 15) is 18.0 Å². The molecule has 2 N–H and O–H groups in total. The van der Waals surface area contributed by atoms with Crippen LogP contribution in [0.3, 0.4) is 0 Å². The number of amides is 1. The second-order valence-corrected chi connectivity index (χ2v) is 6.25. The summed E-state index contributed by atoms with van der Waals surface area (Å²) in [6.45, 7) is 0.986. The van der Waals surface area contributed by atoms with Gasteiger partial charge in [0.05, 0.1) is 5.75 Å². The molecule has 7 nitrogen and oxygen atoms in total. The molecular weight excluding hydrogens is 260 g/mol. The summed E-state index contributed by atoms with van der Waals surface area (Å²) in [6.07, 6.45) is 1.12. The number of carbonyl (C=O) groups excluding carboxylic acids is 1. The van der Waals surface area contributed by atoms with Crippen LogP contribution in [-0.2, 0) is 19.6 Å². The van der Waals surface area contributed by atoms with Crippen LogP contribution in [0, 0.1) is 0 Å². The average Bonchev–Trinajstić information content (AvgIpc) is 2.61. The van der Waals surface area contributed by atoms with Gasteiger partial charge in [0.25, 0.3) is 0 Å². The Morgan fingerprint density at radius 3 is 2.56 bits per heavy atom. The number of sulfonamides is 1. The van der Waals surface area contributed by atoms with Gasteiger partial charge in [-0.1, -0.05) is 0 Å². The van der Waals surface area contributed by atoms with E-state index >= 15 is 0 Å². The summed E-state index contributed by atoms with van der Waals surface area (Å²) in [4.78, 5) is 21.6. The van der Waals surface area contributed by atoms with Crippen molar-refractivity contribution in [3.63, 3.8) is 0 Å². The van der Waals surface area contributed by atoms with E-state index < -0.39 is 16.0 Å². The molecule has 1 rings (SSSR count). The molecule has 0 atom stereocenters. The van der Waals surface area contributed by atoms with Gasteiger partial charge in [-0.05, 0) is 12.8 Å². The summed E-state index contributed by atoms with van der Waals surface area (Å²) in [5, 5.41) is 11.0. The summed E-state index contributed by atoms with van der Waals surface area (Å²) in [6, 6.07) is 0. The van der Waals surface area contributed by atoms with Gasteiger partial charge in [0.15, 0.2) is 0 Å². The third kappa shape index (κ3) is 5.01. The SMILES string of the molecule is O=C(O)CCCNC(=O)CCN1CCCS1(=O)=O. The minimum Gasteiger partial charge on any atom is -0.481 e. The maximum atomic E-state index is 11.4. The topological polar surface area (TPSA) is 104 Å². The highest BCUT2D eigenvalue weighted by Crippen LogP contribution is 2.13. The Labute approximate surface area is 106 Å². The molecule has 1 amide bonds. The minimum absolute atomic E-state index is 0.0147. The van der Waals surface area contributed by atoms with Gasteiger partial charge >= 0.3 is 5.97 Å². The molecule has 0 unspecified atom stereocenters. The summed E-state index contributed by atoms with van der Waals surface area (Å²) in [5.74, 6) is -0.984. The lowest BCUT2D eigenvalue weighted by Gasteiger charge is -2.13. The lowest BCUT2D eigenvalue weighted by molar-refractivity contribution is -0.137. The van der Waals surface area contributed by atoms with Crippen LogP contribution in [0.1, 0.15) is 25.7 Å². The molecule has 0 aromatic rings. The fourth-order valence-electron chi connectivity index (χ4n) is 1.72. The third-order valence-corrected chi connectivity index (χ3v) is 4.64. The second-order valence-electron chi connectivity index (χ2n) is 4.17. The van der Waals surface area contributed by atoms with Gasteiger partial charge in [0.2, 0.25) is 15.9 Å². The monoisotopic (exact) mass is 278 g/mol. The summed E-state index contributed by atoms with van der Waals surface area (Å²) in [5.41, 5.74) is 0. The van der Waals surface area contributed by atoms with Gasteiger partial charge in [0.1, 0.15) is 0 Å². The van der Waals surface area contributed by atoms with E-state index in [-0.39, 0.29) is 31.0 Å². The van der Waals surface area contributed by atoms with Crippen LogP contribution in [-0.4, -0.2) is 55.1 Å². The Kier molecular flexibility index (Phi) is 5.54. The number of nitrogens with zero attached hydrogens (tertiary/aromatic N) is 1. The highest BCUT2D eigenvalue weighted by Gasteiger charge is 2.27. The van der Waals surface area contributed by atoms with Gasteiger partial charge in [-0.3, -0.25) is 9.59 Å². The molecule has 0 radical (unpaired) electrons. The van der Waals surface area contributed by atoms with E-state index in [2.05, 4.69) is 5.32 Å². The first kappa shape index (κ1) is 14.9. The van der Waals surface area contributed by atoms with Crippen LogP contribution in [0.5, 0.6) is 0 Å². The van der Waals surface area contributed by atoms with Crippen LogP contribution >= 0.6 is 0 Å². The van der Waals surface area contributed by atoms with Crippen molar-refractivity contribution in [3.05, 3.63) is 0 Å². The van der Waals surface area contributed by atoms with Crippen molar-refractivity contribution in [2.75, 3.05) is 25.4 Å². The Bertz CT molecular complexity index is 406. The zero-order valence-corrected chi connectivity index (χ0v) is 10.9. The Balaban J connectivity index is 2.15. The van der Waals surface area contributed by atoms with E-state index in [1.807, 2.05) is 0 Å². The zero-order chi connectivity index (χ0) is 13.6. The Hall–Kier alpha value is -1.15. The predicted octanol–water partition coefficient (Wildman–Crippen LogP) is -0.607. The molecule has 8 heteroatoms. The van der Waals surface area contributed by atoms with Crippen LogP contribution in [0.25, 0.3) is 0 Å². The highest BCUT2D eigenvalue weighted by molar-refractivity contribution is 7.89. The van der Waals surface area contributed by atoms with Crippen molar-refractivity contribution in [1.82, 2.24) is 9.62 Å². The van der Waals surface area contributed by atoms with Crippen LogP contribution in [0.2, 0.25) is 0 Å². The highest BCUT2D eigenvalue weighted by atomic mass is 32.2. The zero-order valence-electron chi connectivity index (χ0n) is 10.1.